The Morgan fingerprint density at radius 1 is 1.25 bits per heavy atom. The van der Waals surface area contributed by atoms with Crippen LogP contribution in [0.25, 0.3) is 0 Å². The van der Waals surface area contributed by atoms with Crippen LogP contribution in [-0.4, -0.2) is 30.0 Å². The van der Waals surface area contributed by atoms with E-state index in [2.05, 4.69) is 0 Å². The van der Waals surface area contributed by atoms with Crippen molar-refractivity contribution in [2.45, 2.75) is 6.92 Å². The molecule has 1 heterocycles. The standard InChI is InChI=1S/C11H12N2O3/c1-2-16-12-8-10(14)11(15)13(12)9-6-4-3-5-7-9/h3-7H,2,8H2,1H3. The zero-order chi connectivity index (χ0) is 11.5. The van der Waals surface area contributed by atoms with Gasteiger partial charge in [-0.05, 0) is 19.1 Å². The third-order valence-corrected chi connectivity index (χ3v) is 2.21. The van der Waals surface area contributed by atoms with Crippen LogP contribution in [0.15, 0.2) is 30.3 Å². The van der Waals surface area contributed by atoms with E-state index in [1.54, 1.807) is 31.2 Å². The first-order valence-electron chi connectivity index (χ1n) is 5.06. The van der Waals surface area contributed by atoms with Crippen LogP contribution >= 0.6 is 0 Å². The Kier molecular flexibility index (Phi) is 2.98. The smallest absolute Gasteiger partial charge is 0.287 e. The second-order valence-corrected chi connectivity index (χ2v) is 3.30. The maximum absolute atomic E-state index is 11.6. The number of anilines is 1. The van der Waals surface area contributed by atoms with Crippen molar-refractivity contribution in [2.75, 3.05) is 18.2 Å². The van der Waals surface area contributed by atoms with Crippen molar-refractivity contribution in [3.8, 4) is 0 Å². The SMILES string of the molecule is CCON1CC(=O)C(=O)N1c1ccccc1. The molecule has 1 aromatic carbocycles. The monoisotopic (exact) mass is 220 g/mol. The predicted molar refractivity (Wildman–Crippen MR) is 57.3 cm³/mol. The van der Waals surface area contributed by atoms with E-state index in [0.717, 1.165) is 0 Å². The molecule has 0 N–H and O–H groups in total. The van der Waals surface area contributed by atoms with Gasteiger partial charge in [0, 0.05) is 0 Å². The van der Waals surface area contributed by atoms with E-state index in [-0.39, 0.29) is 6.54 Å². The molecule has 5 heteroatoms. The fourth-order valence-corrected chi connectivity index (χ4v) is 1.55. The normalized spacial score (nSPS) is 17.2. The van der Waals surface area contributed by atoms with Gasteiger partial charge in [-0.25, -0.2) is 5.01 Å². The highest BCUT2D eigenvalue weighted by Crippen LogP contribution is 2.20. The Balaban J connectivity index is 2.29. The number of nitrogens with zero attached hydrogens (tertiary/aromatic N) is 2. The zero-order valence-electron chi connectivity index (χ0n) is 8.92. The number of para-hydroxylation sites is 1. The highest BCUT2D eigenvalue weighted by Gasteiger charge is 2.38. The Morgan fingerprint density at radius 3 is 2.56 bits per heavy atom. The van der Waals surface area contributed by atoms with Crippen LogP contribution in [0.2, 0.25) is 0 Å². The molecule has 1 aliphatic heterocycles. The number of hydrazine groups is 1. The Hall–Kier alpha value is -1.72. The molecule has 1 fully saturated rings. The van der Waals surface area contributed by atoms with Crippen molar-refractivity contribution in [1.82, 2.24) is 5.17 Å². The van der Waals surface area contributed by atoms with Gasteiger partial charge in [0.15, 0.2) is 0 Å². The van der Waals surface area contributed by atoms with E-state index in [4.69, 9.17) is 4.84 Å². The molecule has 0 aliphatic carbocycles. The minimum absolute atomic E-state index is 0.0262. The van der Waals surface area contributed by atoms with E-state index in [1.165, 1.54) is 10.2 Å². The maximum Gasteiger partial charge on any atom is 0.312 e. The summed E-state index contributed by atoms with van der Waals surface area (Å²) in [5.74, 6) is -1.02. The van der Waals surface area contributed by atoms with Crippen LogP contribution < -0.4 is 5.01 Å². The molecular formula is C11H12N2O3. The summed E-state index contributed by atoms with van der Waals surface area (Å²) in [6.07, 6.45) is 0. The summed E-state index contributed by atoms with van der Waals surface area (Å²) in [5.41, 5.74) is 0.631. The average Bonchev–Trinajstić information content (AvgIpc) is 2.57. The van der Waals surface area contributed by atoms with Gasteiger partial charge in [-0.3, -0.25) is 14.4 Å². The fourth-order valence-electron chi connectivity index (χ4n) is 1.55. The molecule has 0 aromatic heterocycles. The van der Waals surface area contributed by atoms with Crippen LogP contribution in [-0.2, 0) is 14.4 Å². The van der Waals surface area contributed by atoms with Crippen LogP contribution in [0.5, 0.6) is 0 Å². The molecule has 84 valence electrons. The van der Waals surface area contributed by atoms with E-state index < -0.39 is 11.7 Å². The number of ketones is 1. The molecule has 1 aliphatic rings. The van der Waals surface area contributed by atoms with Crippen molar-refractivity contribution in [2.24, 2.45) is 0 Å². The Labute approximate surface area is 93.1 Å². The lowest BCUT2D eigenvalue weighted by molar-refractivity contribution is -0.154. The third-order valence-electron chi connectivity index (χ3n) is 2.21. The summed E-state index contributed by atoms with van der Waals surface area (Å²) in [6.45, 7) is 2.18. The first-order chi connectivity index (χ1) is 7.74. The quantitative estimate of drug-likeness (QED) is 0.706. The number of amides is 1. The largest absolute Gasteiger partial charge is 0.312 e. The van der Waals surface area contributed by atoms with Crippen molar-refractivity contribution < 1.29 is 14.4 Å². The maximum atomic E-state index is 11.6. The summed E-state index contributed by atoms with van der Waals surface area (Å²) in [5, 5.41) is 2.55. The lowest BCUT2D eigenvalue weighted by atomic mass is 10.3. The summed E-state index contributed by atoms with van der Waals surface area (Å²) >= 11 is 0. The van der Waals surface area contributed by atoms with Gasteiger partial charge in [0.05, 0.1) is 12.3 Å². The number of hydrogen-bond acceptors (Lipinski definition) is 4. The summed E-state index contributed by atoms with van der Waals surface area (Å²) in [4.78, 5) is 28.2. The first-order valence-corrected chi connectivity index (χ1v) is 5.06. The van der Waals surface area contributed by atoms with Crippen LogP contribution in [0, 0.1) is 0 Å². The molecule has 16 heavy (non-hydrogen) atoms. The molecule has 0 saturated carbocycles. The van der Waals surface area contributed by atoms with Crippen molar-refractivity contribution in [1.29, 1.82) is 0 Å². The Bertz CT molecular complexity index is 405. The Morgan fingerprint density at radius 2 is 1.94 bits per heavy atom. The third kappa shape index (κ3) is 1.82. The summed E-state index contributed by atoms with van der Waals surface area (Å²) in [7, 11) is 0. The average molecular weight is 220 g/mol. The molecule has 1 saturated heterocycles. The van der Waals surface area contributed by atoms with Crippen LogP contribution in [0.3, 0.4) is 0 Å². The molecule has 1 aromatic rings. The first kappa shape index (κ1) is 10.8. The van der Waals surface area contributed by atoms with E-state index in [9.17, 15) is 9.59 Å². The van der Waals surface area contributed by atoms with E-state index in [0.29, 0.717) is 12.3 Å². The van der Waals surface area contributed by atoms with Gasteiger partial charge in [-0.1, -0.05) is 23.4 Å². The lowest BCUT2D eigenvalue weighted by Gasteiger charge is -2.25. The molecule has 0 atom stereocenters. The van der Waals surface area contributed by atoms with Crippen LogP contribution in [0.1, 0.15) is 6.92 Å². The van der Waals surface area contributed by atoms with Gasteiger partial charge in [0.2, 0.25) is 5.78 Å². The van der Waals surface area contributed by atoms with Crippen LogP contribution in [0.4, 0.5) is 5.69 Å². The van der Waals surface area contributed by atoms with Gasteiger partial charge in [0.1, 0.15) is 6.54 Å². The molecule has 0 radical (unpaired) electrons. The number of hydrogen-bond donors (Lipinski definition) is 0. The minimum atomic E-state index is -0.556. The van der Waals surface area contributed by atoms with Gasteiger partial charge >= 0.3 is 5.91 Å². The van der Waals surface area contributed by atoms with E-state index in [1.807, 2.05) is 6.07 Å². The number of Topliss-reactive ketones (excluding diaryl/α,β-unsaturated/α-hetero) is 1. The number of carbonyl (C=O) groups excluding carboxylic acids is 2. The molecule has 0 spiro atoms. The second kappa shape index (κ2) is 4.42. The number of rotatable bonds is 3. The van der Waals surface area contributed by atoms with Gasteiger partial charge in [-0.15, -0.1) is 0 Å². The van der Waals surface area contributed by atoms with Crippen molar-refractivity contribution >= 4 is 17.4 Å². The summed E-state index contributed by atoms with van der Waals surface area (Å²) < 4.78 is 0. The highest BCUT2D eigenvalue weighted by atomic mass is 16.7. The summed E-state index contributed by atoms with van der Waals surface area (Å²) in [6, 6.07) is 8.95. The lowest BCUT2D eigenvalue weighted by Crippen LogP contribution is -2.39. The minimum Gasteiger partial charge on any atom is -0.287 e. The topological polar surface area (TPSA) is 49.9 Å². The predicted octanol–water partition coefficient (Wildman–Crippen LogP) is 0.771. The molecule has 0 unspecified atom stereocenters. The zero-order valence-corrected chi connectivity index (χ0v) is 8.92. The molecule has 2 rings (SSSR count). The number of hydroxylamine groups is 1. The number of benzene rings is 1. The highest BCUT2D eigenvalue weighted by molar-refractivity contribution is 6.43. The van der Waals surface area contributed by atoms with Gasteiger partial charge in [-0.2, -0.15) is 0 Å². The second-order valence-electron chi connectivity index (χ2n) is 3.30. The number of carbonyl (C=O) groups is 2. The van der Waals surface area contributed by atoms with Gasteiger partial charge < -0.3 is 0 Å². The molecule has 5 nitrogen and oxygen atoms in total. The van der Waals surface area contributed by atoms with Gasteiger partial charge in [0.25, 0.3) is 0 Å². The van der Waals surface area contributed by atoms with Crippen molar-refractivity contribution in [3.63, 3.8) is 0 Å². The van der Waals surface area contributed by atoms with E-state index >= 15 is 0 Å². The molecular weight excluding hydrogens is 208 g/mol. The molecule has 0 bridgehead atoms. The molecule has 1 amide bonds. The van der Waals surface area contributed by atoms with Crippen molar-refractivity contribution in [3.05, 3.63) is 30.3 Å². The fraction of sp³-hybridized carbons (Fsp3) is 0.273.